The molecular formula is C14H23NO. The molecule has 1 aromatic rings. The Morgan fingerprint density at radius 2 is 1.69 bits per heavy atom. The maximum atomic E-state index is 5.95. The average molecular weight is 221 g/mol. The first-order chi connectivity index (χ1) is 7.83. The zero-order chi connectivity index (χ0) is 11.8. The lowest BCUT2D eigenvalue weighted by molar-refractivity contribution is -0.0581. The first kappa shape index (κ1) is 13.2. The molecular weight excluding hydrogens is 198 g/mol. The highest BCUT2D eigenvalue weighted by Crippen LogP contribution is 2.21. The Balaban J connectivity index is 2.78. The maximum Gasteiger partial charge on any atom is 0.136 e. The van der Waals surface area contributed by atoms with Crippen LogP contribution in [0.15, 0.2) is 30.3 Å². The highest BCUT2D eigenvalue weighted by Gasteiger charge is 2.17. The fourth-order valence-electron chi connectivity index (χ4n) is 1.81. The van der Waals surface area contributed by atoms with Gasteiger partial charge in [-0.15, -0.1) is 0 Å². The zero-order valence-corrected chi connectivity index (χ0v) is 10.6. The second-order valence-corrected chi connectivity index (χ2v) is 3.86. The van der Waals surface area contributed by atoms with Crippen molar-refractivity contribution >= 4 is 0 Å². The van der Waals surface area contributed by atoms with E-state index in [4.69, 9.17) is 4.74 Å². The summed E-state index contributed by atoms with van der Waals surface area (Å²) in [5.41, 5.74) is 1.25. The molecule has 1 unspecified atom stereocenters. The van der Waals surface area contributed by atoms with Gasteiger partial charge in [-0.05, 0) is 25.1 Å². The van der Waals surface area contributed by atoms with Gasteiger partial charge in [-0.3, -0.25) is 4.90 Å². The molecule has 0 saturated carbocycles. The van der Waals surface area contributed by atoms with Crippen molar-refractivity contribution in [1.82, 2.24) is 4.90 Å². The third kappa shape index (κ3) is 3.62. The van der Waals surface area contributed by atoms with E-state index in [1.165, 1.54) is 5.56 Å². The molecule has 1 rings (SSSR count). The van der Waals surface area contributed by atoms with Crippen molar-refractivity contribution < 1.29 is 4.74 Å². The normalized spacial score (nSPS) is 13.0. The van der Waals surface area contributed by atoms with Crippen LogP contribution in [0.1, 0.15) is 39.0 Å². The molecule has 0 fully saturated rings. The molecule has 2 heteroatoms. The van der Waals surface area contributed by atoms with E-state index < -0.39 is 0 Å². The van der Waals surface area contributed by atoms with Crippen LogP contribution in [-0.2, 0) is 4.74 Å². The van der Waals surface area contributed by atoms with Gasteiger partial charge in [0.2, 0.25) is 0 Å². The van der Waals surface area contributed by atoms with Crippen LogP contribution in [-0.4, -0.2) is 24.6 Å². The summed E-state index contributed by atoms with van der Waals surface area (Å²) in [6.07, 6.45) is 1.17. The second-order valence-electron chi connectivity index (χ2n) is 3.86. The molecule has 16 heavy (non-hydrogen) atoms. The van der Waals surface area contributed by atoms with E-state index in [9.17, 15) is 0 Å². The monoisotopic (exact) mass is 221 g/mol. The van der Waals surface area contributed by atoms with Crippen molar-refractivity contribution in [1.29, 1.82) is 0 Å². The van der Waals surface area contributed by atoms with Crippen molar-refractivity contribution in [3.8, 4) is 0 Å². The Morgan fingerprint density at radius 1 is 1.06 bits per heavy atom. The predicted octanol–water partition coefficient (Wildman–Crippen LogP) is 3.45. The van der Waals surface area contributed by atoms with Gasteiger partial charge in [0.05, 0.1) is 0 Å². The quantitative estimate of drug-likeness (QED) is 0.654. The van der Waals surface area contributed by atoms with Gasteiger partial charge in [0.15, 0.2) is 0 Å². The molecule has 0 aliphatic carbocycles. The Labute approximate surface area is 99.2 Å². The minimum atomic E-state index is 0.108. The summed E-state index contributed by atoms with van der Waals surface area (Å²) in [6, 6.07) is 10.5. The molecule has 0 radical (unpaired) electrons. The van der Waals surface area contributed by atoms with Gasteiger partial charge in [-0.25, -0.2) is 0 Å². The van der Waals surface area contributed by atoms with Crippen LogP contribution in [0.2, 0.25) is 0 Å². The Hall–Kier alpha value is -0.860. The van der Waals surface area contributed by atoms with Gasteiger partial charge in [-0.1, -0.05) is 51.1 Å². The van der Waals surface area contributed by atoms with Gasteiger partial charge >= 0.3 is 0 Å². The van der Waals surface area contributed by atoms with Crippen LogP contribution < -0.4 is 0 Å². The van der Waals surface area contributed by atoms with Crippen LogP contribution in [0.3, 0.4) is 0 Å². The molecule has 0 spiro atoms. The van der Waals surface area contributed by atoms with Crippen molar-refractivity contribution in [3.05, 3.63) is 35.9 Å². The van der Waals surface area contributed by atoms with Crippen LogP contribution in [0, 0.1) is 0 Å². The summed E-state index contributed by atoms with van der Waals surface area (Å²) in [5.74, 6) is 0. The van der Waals surface area contributed by atoms with Gasteiger partial charge in [-0.2, -0.15) is 0 Å². The maximum absolute atomic E-state index is 5.95. The van der Waals surface area contributed by atoms with E-state index in [1.807, 2.05) is 6.07 Å². The van der Waals surface area contributed by atoms with E-state index in [-0.39, 0.29) is 6.23 Å². The van der Waals surface area contributed by atoms with Crippen LogP contribution in [0.5, 0.6) is 0 Å². The van der Waals surface area contributed by atoms with Crippen molar-refractivity contribution in [2.45, 2.75) is 33.4 Å². The second kappa shape index (κ2) is 7.42. The largest absolute Gasteiger partial charge is 0.359 e. The standard InChI is InChI=1S/C14H23NO/c1-4-12-16-14(15(5-2)6-3)13-10-8-7-9-11-13/h7-11,14H,4-6,12H2,1-3H3. The average Bonchev–Trinajstić information content (AvgIpc) is 2.35. The lowest BCUT2D eigenvalue weighted by atomic mass is 10.2. The molecule has 90 valence electrons. The van der Waals surface area contributed by atoms with Gasteiger partial charge in [0.1, 0.15) is 6.23 Å². The zero-order valence-electron chi connectivity index (χ0n) is 10.6. The predicted molar refractivity (Wildman–Crippen MR) is 68.3 cm³/mol. The summed E-state index contributed by atoms with van der Waals surface area (Å²) < 4.78 is 5.95. The molecule has 0 amide bonds. The Morgan fingerprint density at radius 3 is 2.19 bits per heavy atom. The molecule has 0 N–H and O–H groups in total. The number of hydrogen-bond donors (Lipinski definition) is 0. The number of ether oxygens (including phenoxy) is 1. The number of rotatable bonds is 7. The Kier molecular flexibility index (Phi) is 6.12. The molecule has 0 bridgehead atoms. The molecule has 0 heterocycles. The van der Waals surface area contributed by atoms with Crippen LogP contribution >= 0.6 is 0 Å². The van der Waals surface area contributed by atoms with E-state index >= 15 is 0 Å². The fraction of sp³-hybridized carbons (Fsp3) is 0.571. The summed E-state index contributed by atoms with van der Waals surface area (Å²) in [4.78, 5) is 2.34. The molecule has 1 aromatic carbocycles. The number of benzene rings is 1. The highest BCUT2D eigenvalue weighted by atomic mass is 16.5. The molecule has 0 aliphatic rings. The lowest BCUT2D eigenvalue weighted by Crippen LogP contribution is -2.30. The third-order valence-electron chi connectivity index (χ3n) is 2.71. The van der Waals surface area contributed by atoms with Crippen LogP contribution in [0.25, 0.3) is 0 Å². The summed E-state index contributed by atoms with van der Waals surface area (Å²) in [6.45, 7) is 9.34. The molecule has 2 nitrogen and oxygen atoms in total. The minimum Gasteiger partial charge on any atom is -0.359 e. The smallest absolute Gasteiger partial charge is 0.136 e. The third-order valence-corrected chi connectivity index (χ3v) is 2.71. The van der Waals surface area contributed by atoms with Gasteiger partial charge in [0.25, 0.3) is 0 Å². The first-order valence-corrected chi connectivity index (χ1v) is 6.24. The molecule has 0 aromatic heterocycles. The molecule has 0 aliphatic heterocycles. The van der Waals surface area contributed by atoms with E-state index in [0.717, 1.165) is 26.1 Å². The van der Waals surface area contributed by atoms with Gasteiger partial charge in [0, 0.05) is 6.61 Å². The van der Waals surface area contributed by atoms with E-state index in [1.54, 1.807) is 0 Å². The lowest BCUT2D eigenvalue weighted by Gasteiger charge is -2.29. The highest BCUT2D eigenvalue weighted by molar-refractivity contribution is 5.17. The van der Waals surface area contributed by atoms with Crippen molar-refractivity contribution in [2.24, 2.45) is 0 Å². The summed E-state index contributed by atoms with van der Waals surface area (Å²) in [7, 11) is 0. The topological polar surface area (TPSA) is 12.5 Å². The summed E-state index contributed by atoms with van der Waals surface area (Å²) >= 11 is 0. The van der Waals surface area contributed by atoms with Crippen molar-refractivity contribution in [3.63, 3.8) is 0 Å². The first-order valence-electron chi connectivity index (χ1n) is 6.24. The van der Waals surface area contributed by atoms with Gasteiger partial charge < -0.3 is 4.74 Å². The SMILES string of the molecule is CCCOC(c1ccccc1)N(CC)CC. The number of hydrogen-bond acceptors (Lipinski definition) is 2. The minimum absolute atomic E-state index is 0.108. The fourth-order valence-corrected chi connectivity index (χ4v) is 1.81. The van der Waals surface area contributed by atoms with E-state index in [2.05, 4.69) is 49.9 Å². The Bertz CT molecular complexity index is 269. The molecule has 0 saturated heterocycles. The van der Waals surface area contributed by atoms with Crippen LogP contribution in [0.4, 0.5) is 0 Å². The summed E-state index contributed by atoms with van der Waals surface area (Å²) in [5, 5.41) is 0. The van der Waals surface area contributed by atoms with Crippen molar-refractivity contribution in [2.75, 3.05) is 19.7 Å². The van der Waals surface area contributed by atoms with E-state index in [0.29, 0.717) is 0 Å². The number of nitrogens with zero attached hydrogens (tertiary/aromatic N) is 1. The molecule has 1 atom stereocenters.